The molecule has 0 radical (unpaired) electrons. The summed E-state index contributed by atoms with van der Waals surface area (Å²) in [7, 11) is -0.482. The van der Waals surface area contributed by atoms with Crippen LogP contribution >= 0.6 is 7.55 Å². The first-order valence-electron chi connectivity index (χ1n) is 4.26. The molecule has 0 spiro atoms. The lowest BCUT2D eigenvalue weighted by Crippen LogP contribution is -2.06. The Morgan fingerprint density at radius 3 is 2.00 bits per heavy atom. The summed E-state index contributed by atoms with van der Waals surface area (Å²) in [6.07, 6.45) is 7.65. The fourth-order valence-corrected chi connectivity index (χ4v) is 3.16. The van der Waals surface area contributed by atoms with E-state index in [1.54, 1.807) is 5.31 Å². The van der Waals surface area contributed by atoms with Crippen molar-refractivity contribution in [3.63, 3.8) is 0 Å². The highest BCUT2D eigenvalue weighted by atomic mass is 31.1. The highest BCUT2D eigenvalue weighted by molar-refractivity contribution is 7.59. The minimum Gasteiger partial charge on any atom is -0.104 e. The molecule has 0 aromatic heterocycles. The largest absolute Gasteiger partial charge is 0.104 e. The second kappa shape index (κ2) is 4.16. The normalized spacial score (nSPS) is 16.6. The van der Waals surface area contributed by atoms with Crippen LogP contribution in [-0.4, -0.2) is 13.0 Å². The predicted molar refractivity (Wildman–Crippen MR) is 59.2 cm³/mol. The van der Waals surface area contributed by atoms with Crippen molar-refractivity contribution >= 4 is 13.8 Å². The Morgan fingerprint density at radius 1 is 1.45 bits per heavy atom. The van der Waals surface area contributed by atoms with Crippen LogP contribution in [0.15, 0.2) is 11.4 Å². The molecular weight excluding hydrogens is 151 g/mol. The molecule has 0 saturated carbocycles. The molecule has 0 rings (SSSR count). The SMILES string of the molecule is C=[PH](C)/C(=C\CC)C(C)(C)C. The first-order chi connectivity index (χ1) is 4.89. The van der Waals surface area contributed by atoms with Crippen LogP contribution in [0.3, 0.4) is 0 Å². The van der Waals surface area contributed by atoms with Gasteiger partial charge in [-0.3, -0.25) is 0 Å². The first kappa shape index (κ1) is 11.0. The van der Waals surface area contributed by atoms with Gasteiger partial charge in [0.15, 0.2) is 0 Å². The van der Waals surface area contributed by atoms with Gasteiger partial charge in [0.05, 0.1) is 0 Å². The molecule has 0 heterocycles. The van der Waals surface area contributed by atoms with Gasteiger partial charge < -0.3 is 0 Å². The lowest BCUT2D eigenvalue weighted by atomic mass is 9.95. The monoisotopic (exact) mass is 172 g/mol. The summed E-state index contributed by atoms with van der Waals surface area (Å²) in [6, 6.07) is 0. The van der Waals surface area contributed by atoms with Crippen LogP contribution in [0.4, 0.5) is 0 Å². The Bertz CT molecular complexity index is 170. The van der Waals surface area contributed by atoms with Crippen LogP contribution in [0.25, 0.3) is 0 Å². The lowest BCUT2D eigenvalue weighted by molar-refractivity contribution is 0.530. The summed E-state index contributed by atoms with van der Waals surface area (Å²) in [4.78, 5) is 0. The maximum Gasteiger partial charge on any atom is -0.0134 e. The van der Waals surface area contributed by atoms with Gasteiger partial charge in [0.1, 0.15) is 0 Å². The summed E-state index contributed by atoms with van der Waals surface area (Å²) in [5.74, 6) is 0. The molecule has 0 aliphatic heterocycles. The quantitative estimate of drug-likeness (QED) is 0.558. The average Bonchev–Trinajstić information content (AvgIpc) is 1.79. The number of hydrogen-bond acceptors (Lipinski definition) is 0. The summed E-state index contributed by atoms with van der Waals surface area (Å²) in [5, 5.41) is 1.57. The molecule has 1 atom stereocenters. The molecule has 0 N–H and O–H groups in total. The van der Waals surface area contributed by atoms with Crippen molar-refractivity contribution in [1.29, 1.82) is 0 Å². The van der Waals surface area contributed by atoms with E-state index >= 15 is 0 Å². The third kappa shape index (κ3) is 3.82. The van der Waals surface area contributed by atoms with Gasteiger partial charge in [-0.25, -0.2) is 0 Å². The topological polar surface area (TPSA) is 0 Å². The Kier molecular flexibility index (Phi) is 4.18. The zero-order valence-electron chi connectivity index (χ0n) is 8.49. The molecule has 0 saturated heterocycles. The Morgan fingerprint density at radius 2 is 1.91 bits per heavy atom. The fraction of sp³-hybridized carbons (Fsp3) is 0.700. The second-order valence-corrected chi connectivity index (χ2v) is 6.16. The van der Waals surface area contributed by atoms with E-state index in [2.05, 4.69) is 46.7 Å². The van der Waals surface area contributed by atoms with Gasteiger partial charge in [-0.15, -0.1) is 7.55 Å². The van der Waals surface area contributed by atoms with Crippen molar-refractivity contribution in [3.05, 3.63) is 11.4 Å². The minimum absolute atomic E-state index is 0.334. The third-order valence-electron chi connectivity index (χ3n) is 1.68. The maximum atomic E-state index is 4.16. The zero-order chi connectivity index (χ0) is 9.07. The van der Waals surface area contributed by atoms with E-state index in [4.69, 9.17) is 0 Å². The van der Waals surface area contributed by atoms with E-state index in [9.17, 15) is 0 Å². The van der Waals surface area contributed by atoms with Crippen LogP contribution in [0, 0.1) is 5.41 Å². The maximum absolute atomic E-state index is 4.16. The molecule has 0 amide bonds. The van der Waals surface area contributed by atoms with Gasteiger partial charge >= 0.3 is 0 Å². The smallest absolute Gasteiger partial charge is 0.0134 e. The van der Waals surface area contributed by atoms with E-state index in [0.29, 0.717) is 5.41 Å². The third-order valence-corrected chi connectivity index (χ3v) is 3.55. The van der Waals surface area contributed by atoms with Gasteiger partial charge in [-0.1, -0.05) is 40.1 Å². The highest BCUT2D eigenvalue weighted by Gasteiger charge is 2.15. The van der Waals surface area contributed by atoms with Crippen LogP contribution in [0.1, 0.15) is 34.1 Å². The summed E-state index contributed by atoms with van der Waals surface area (Å²) in [5.41, 5.74) is 0.334. The summed E-state index contributed by atoms with van der Waals surface area (Å²) < 4.78 is 0. The van der Waals surface area contributed by atoms with Crippen LogP contribution in [0.5, 0.6) is 0 Å². The molecule has 0 bridgehead atoms. The molecule has 11 heavy (non-hydrogen) atoms. The van der Waals surface area contributed by atoms with Crippen LogP contribution in [-0.2, 0) is 0 Å². The van der Waals surface area contributed by atoms with Crippen molar-refractivity contribution in [2.75, 3.05) is 6.66 Å². The molecule has 0 fully saturated rings. The molecule has 1 unspecified atom stereocenters. The number of allylic oxidation sites excluding steroid dienone is 2. The molecule has 1 heteroatoms. The van der Waals surface area contributed by atoms with Crippen molar-refractivity contribution in [2.24, 2.45) is 5.41 Å². The van der Waals surface area contributed by atoms with Crippen molar-refractivity contribution in [2.45, 2.75) is 34.1 Å². The van der Waals surface area contributed by atoms with Gasteiger partial charge in [0.25, 0.3) is 0 Å². The van der Waals surface area contributed by atoms with Gasteiger partial charge in [0, 0.05) is 0 Å². The fourth-order valence-electron chi connectivity index (χ4n) is 1.32. The van der Waals surface area contributed by atoms with Crippen molar-refractivity contribution in [3.8, 4) is 0 Å². The van der Waals surface area contributed by atoms with E-state index < -0.39 is 7.55 Å². The number of rotatable bonds is 2. The van der Waals surface area contributed by atoms with E-state index in [-0.39, 0.29) is 0 Å². The zero-order valence-corrected chi connectivity index (χ0v) is 9.49. The van der Waals surface area contributed by atoms with Gasteiger partial charge in [-0.2, -0.15) is 0 Å². The summed E-state index contributed by atoms with van der Waals surface area (Å²) >= 11 is 0. The highest BCUT2D eigenvalue weighted by Crippen LogP contribution is 2.41. The Hall–Kier alpha value is 0.0400. The molecule has 0 aliphatic rings. The van der Waals surface area contributed by atoms with Crippen molar-refractivity contribution < 1.29 is 0 Å². The van der Waals surface area contributed by atoms with Crippen LogP contribution in [0.2, 0.25) is 0 Å². The van der Waals surface area contributed by atoms with E-state index in [1.165, 1.54) is 0 Å². The predicted octanol–water partition coefficient (Wildman–Crippen LogP) is 3.60. The van der Waals surface area contributed by atoms with E-state index in [0.717, 1.165) is 6.42 Å². The molecular formula is C10H21P. The lowest BCUT2D eigenvalue weighted by Gasteiger charge is -2.24. The Labute approximate surface area is 72.1 Å². The second-order valence-electron chi connectivity index (χ2n) is 4.06. The summed E-state index contributed by atoms with van der Waals surface area (Å²) in [6.45, 7) is 11.3. The average molecular weight is 172 g/mol. The molecule has 0 aliphatic carbocycles. The molecule has 0 nitrogen and oxygen atoms in total. The standard InChI is InChI=1S/C10H21P/c1-7-8-9(11(5)6)10(2,3)4/h8,11H,5,7H2,1-4,6H3/b9-8-. The molecule has 0 aromatic carbocycles. The van der Waals surface area contributed by atoms with Crippen molar-refractivity contribution in [1.82, 2.24) is 0 Å². The van der Waals surface area contributed by atoms with Crippen LogP contribution < -0.4 is 0 Å². The number of hydrogen-bond donors (Lipinski definition) is 0. The van der Waals surface area contributed by atoms with Gasteiger partial charge in [0.2, 0.25) is 0 Å². The minimum atomic E-state index is -0.482. The Balaban J connectivity index is 4.63. The van der Waals surface area contributed by atoms with Gasteiger partial charge in [-0.05, 0) is 23.8 Å². The molecule has 66 valence electrons. The molecule has 0 aromatic rings. The van der Waals surface area contributed by atoms with E-state index in [1.807, 2.05) is 0 Å². The first-order valence-corrected chi connectivity index (χ1v) is 6.46.